The summed E-state index contributed by atoms with van der Waals surface area (Å²) in [6.45, 7) is 2.26. The fourth-order valence-corrected chi connectivity index (χ4v) is 3.59. The highest BCUT2D eigenvalue weighted by molar-refractivity contribution is 7.98. The monoisotopic (exact) mass is 338 g/mol. The summed E-state index contributed by atoms with van der Waals surface area (Å²) < 4.78 is 5.41. The minimum atomic E-state index is 0.148. The zero-order chi connectivity index (χ0) is 17.1. The zero-order valence-corrected chi connectivity index (χ0v) is 15.1. The van der Waals surface area contributed by atoms with E-state index in [0.717, 1.165) is 11.1 Å². The molecule has 24 heavy (non-hydrogen) atoms. The first-order valence-corrected chi connectivity index (χ1v) is 9.26. The van der Waals surface area contributed by atoms with Gasteiger partial charge in [-0.15, -0.1) is 11.8 Å². The second-order valence-electron chi connectivity index (χ2n) is 5.83. The lowest BCUT2D eigenvalue weighted by Crippen LogP contribution is -1.98. The van der Waals surface area contributed by atoms with Crippen molar-refractivity contribution in [3.8, 4) is 16.9 Å². The van der Waals surface area contributed by atoms with Crippen molar-refractivity contribution in [1.29, 1.82) is 0 Å². The highest BCUT2D eigenvalue weighted by atomic mass is 32.2. The molecule has 0 aliphatic rings. The standard InChI is InChI=1S/C21H22O2S/c1-14-12-20(15-4-7-17(24-3)8-5-15)19-9-6-16(23-2)13-21(19)18(14)10-11-22/h4-9,12-13,22H,10-11H2,1-3H3. The molecule has 3 aromatic rings. The summed E-state index contributed by atoms with van der Waals surface area (Å²) in [5.41, 5.74) is 4.82. The van der Waals surface area contributed by atoms with Crippen molar-refractivity contribution in [3.63, 3.8) is 0 Å². The Bertz CT molecular complexity index is 854. The SMILES string of the molecule is COc1ccc2c(-c3ccc(SC)cc3)cc(C)c(CCO)c2c1. The van der Waals surface area contributed by atoms with Crippen LogP contribution in [0.4, 0.5) is 0 Å². The van der Waals surface area contributed by atoms with Gasteiger partial charge in [0.05, 0.1) is 7.11 Å². The topological polar surface area (TPSA) is 29.5 Å². The summed E-state index contributed by atoms with van der Waals surface area (Å²) >= 11 is 1.75. The van der Waals surface area contributed by atoms with Gasteiger partial charge >= 0.3 is 0 Å². The zero-order valence-electron chi connectivity index (χ0n) is 14.3. The first-order chi connectivity index (χ1) is 11.7. The number of rotatable bonds is 5. The summed E-state index contributed by atoms with van der Waals surface area (Å²) in [5, 5.41) is 11.8. The Kier molecular flexibility index (Phi) is 5.12. The molecule has 0 radical (unpaired) electrons. The van der Waals surface area contributed by atoms with E-state index >= 15 is 0 Å². The van der Waals surface area contributed by atoms with Crippen LogP contribution in [0.15, 0.2) is 53.4 Å². The molecule has 0 saturated carbocycles. The fourth-order valence-electron chi connectivity index (χ4n) is 3.18. The number of thioether (sulfide) groups is 1. The highest BCUT2D eigenvalue weighted by Crippen LogP contribution is 2.36. The van der Waals surface area contributed by atoms with Crippen LogP contribution in [0.2, 0.25) is 0 Å². The van der Waals surface area contributed by atoms with E-state index in [2.05, 4.69) is 55.6 Å². The first-order valence-electron chi connectivity index (χ1n) is 8.03. The van der Waals surface area contributed by atoms with Crippen molar-refractivity contribution in [1.82, 2.24) is 0 Å². The third-order valence-corrected chi connectivity index (χ3v) is 5.19. The summed E-state index contributed by atoms with van der Waals surface area (Å²) in [7, 11) is 1.69. The van der Waals surface area contributed by atoms with E-state index in [1.165, 1.54) is 32.5 Å². The van der Waals surface area contributed by atoms with E-state index in [1.54, 1.807) is 18.9 Å². The van der Waals surface area contributed by atoms with Crippen LogP contribution in [-0.4, -0.2) is 25.1 Å². The Morgan fingerprint density at radius 2 is 1.75 bits per heavy atom. The molecule has 0 fully saturated rings. The van der Waals surface area contributed by atoms with Crippen molar-refractivity contribution >= 4 is 22.5 Å². The quantitative estimate of drug-likeness (QED) is 0.658. The van der Waals surface area contributed by atoms with Crippen LogP contribution in [0, 0.1) is 6.92 Å². The Hall–Kier alpha value is -1.97. The third kappa shape index (κ3) is 3.14. The molecule has 0 aliphatic carbocycles. The van der Waals surface area contributed by atoms with Gasteiger partial charge in [-0.2, -0.15) is 0 Å². The minimum absolute atomic E-state index is 0.148. The van der Waals surface area contributed by atoms with Crippen LogP contribution < -0.4 is 4.74 Å². The van der Waals surface area contributed by atoms with E-state index in [1.807, 2.05) is 6.07 Å². The molecule has 0 spiro atoms. The number of hydrogen-bond acceptors (Lipinski definition) is 3. The van der Waals surface area contributed by atoms with Crippen LogP contribution >= 0.6 is 11.8 Å². The Balaban J connectivity index is 2.26. The number of aliphatic hydroxyl groups excluding tert-OH is 1. The van der Waals surface area contributed by atoms with E-state index in [9.17, 15) is 5.11 Å². The van der Waals surface area contributed by atoms with Crippen LogP contribution in [0.3, 0.4) is 0 Å². The average Bonchev–Trinajstić information content (AvgIpc) is 2.63. The number of hydrogen-bond donors (Lipinski definition) is 1. The molecule has 1 N–H and O–H groups in total. The molecule has 0 amide bonds. The Labute approximate surface area is 147 Å². The van der Waals surface area contributed by atoms with Crippen molar-refractivity contribution in [2.75, 3.05) is 20.0 Å². The maximum absolute atomic E-state index is 9.44. The summed E-state index contributed by atoms with van der Waals surface area (Å²) in [6.07, 6.45) is 2.74. The summed E-state index contributed by atoms with van der Waals surface area (Å²) in [5.74, 6) is 0.843. The molecule has 0 heterocycles. The minimum Gasteiger partial charge on any atom is -0.497 e. The third-order valence-electron chi connectivity index (χ3n) is 4.44. The Morgan fingerprint density at radius 3 is 2.38 bits per heavy atom. The number of aryl methyl sites for hydroxylation is 1. The van der Waals surface area contributed by atoms with Crippen molar-refractivity contribution in [2.24, 2.45) is 0 Å². The maximum Gasteiger partial charge on any atom is 0.119 e. The maximum atomic E-state index is 9.44. The largest absolute Gasteiger partial charge is 0.497 e. The van der Waals surface area contributed by atoms with Crippen LogP contribution in [0.1, 0.15) is 11.1 Å². The molecule has 2 nitrogen and oxygen atoms in total. The number of methoxy groups -OCH3 is 1. The Morgan fingerprint density at radius 1 is 1.00 bits per heavy atom. The second-order valence-corrected chi connectivity index (χ2v) is 6.71. The number of fused-ring (bicyclic) bond motifs is 1. The lowest BCUT2D eigenvalue weighted by Gasteiger charge is -2.16. The van der Waals surface area contributed by atoms with Crippen LogP contribution in [0.5, 0.6) is 5.75 Å². The average molecular weight is 338 g/mol. The molecule has 0 bridgehead atoms. The number of ether oxygens (including phenoxy) is 1. The van der Waals surface area contributed by atoms with Crippen molar-refractivity contribution < 1.29 is 9.84 Å². The van der Waals surface area contributed by atoms with Gasteiger partial charge in [0.25, 0.3) is 0 Å². The smallest absolute Gasteiger partial charge is 0.119 e. The van der Waals surface area contributed by atoms with Gasteiger partial charge in [0.1, 0.15) is 5.75 Å². The molecular formula is C21H22O2S. The predicted octanol–water partition coefficient (Wildman–Crippen LogP) is 5.08. The van der Waals surface area contributed by atoms with Crippen molar-refractivity contribution in [2.45, 2.75) is 18.2 Å². The molecule has 0 aliphatic heterocycles. The van der Waals surface area contributed by atoms with Gasteiger partial charge < -0.3 is 9.84 Å². The van der Waals surface area contributed by atoms with Crippen molar-refractivity contribution in [3.05, 3.63) is 59.7 Å². The van der Waals surface area contributed by atoms with Gasteiger partial charge in [0, 0.05) is 11.5 Å². The molecule has 124 valence electrons. The lowest BCUT2D eigenvalue weighted by molar-refractivity contribution is 0.300. The normalized spacial score (nSPS) is 11.0. The van der Waals surface area contributed by atoms with Gasteiger partial charge in [0.2, 0.25) is 0 Å². The first kappa shape index (κ1) is 16.9. The molecule has 3 heteroatoms. The van der Waals surface area contributed by atoms with Gasteiger partial charge in [-0.25, -0.2) is 0 Å². The van der Waals surface area contributed by atoms with Crippen LogP contribution in [-0.2, 0) is 6.42 Å². The molecule has 0 aromatic heterocycles. The van der Waals surface area contributed by atoms with E-state index in [4.69, 9.17) is 4.74 Å². The van der Waals surface area contributed by atoms with E-state index in [0.29, 0.717) is 6.42 Å². The molecule has 3 rings (SSSR count). The van der Waals surface area contributed by atoms with Gasteiger partial charge in [-0.05, 0) is 76.9 Å². The van der Waals surface area contributed by atoms with E-state index < -0.39 is 0 Å². The molecule has 0 atom stereocenters. The molecule has 0 unspecified atom stereocenters. The number of aliphatic hydroxyl groups is 1. The van der Waals surface area contributed by atoms with Crippen LogP contribution in [0.25, 0.3) is 21.9 Å². The number of benzene rings is 3. The molecular weight excluding hydrogens is 316 g/mol. The predicted molar refractivity (Wildman–Crippen MR) is 103 cm³/mol. The van der Waals surface area contributed by atoms with Gasteiger partial charge in [-0.3, -0.25) is 0 Å². The lowest BCUT2D eigenvalue weighted by atomic mass is 9.90. The summed E-state index contributed by atoms with van der Waals surface area (Å²) in [6, 6.07) is 17.1. The fraction of sp³-hybridized carbons (Fsp3) is 0.238. The summed E-state index contributed by atoms with van der Waals surface area (Å²) in [4.78, 5) is 1.26. The van der Waals surface area contributed by atoms with Gasteiger partial charge in [-0.1, -0.05) is 24.3 Å². The highest BCUT2D eigenvalue weighted by Gasteiger charge is 2.12. The van der Waals surface area contributed by atoms with E-state index in [-0.39, 0.29) is 6.61 Å². The van der Waals surface area contributed by atoms with Gasteiger partial charge in [0.15, 0.2) is 0 Å². The molecule has 0 saturated heterocycles. The molecule has 3 aromatic carbocycles. The second kappa shape index (κ2) is 7.29.